The Balaban J connectivity index is 1.37. The van der Waals surface area contributed by atoms with E-state index in [4.69, 9.17) is 4.74 Å². The third kappa shape index (κ3) is 3.57. The first-order chi connectivity index (χ1) is 13.9. The Hall–Kier alpha value is -1.58. The van der Waals surface area contributed by atoms with E-state index in [-0.39, 0.29) is 17.4 Å². The van der Waals surface area contributed by atoms with Gasteiger partial charge in [0.2, 0.25) is 0 Å². The van der Waals surface area contributed by atoms with E-state index in [1.807, 2.05) is 0 Å². The molecule has 0 spiro atoms. The Morgan fingerprint density at radius 3 is 2.24 bits per heavy atom. The monoisotopic (exact) mass is 399 g/mol. The predicted molar refractivity (Wildman–Crippen MR) is 112 cm³/mol. The fourth-order valence-electron chi connectivity index (χ4n) is 7.10. The molecule has 1 amide bonds. The molecule has 4 bridgehead atoms. The van der Waals surface area contributed by atoms with E-state index in [9.17, 15) is 9.18 Å². The number of likely N-dealkylation sites (tertiary alicyclic amines) is 1. The highest BCUT2D eigenvalue weighted by molar-refractivity contribution is 5.95. The first kappa shape index (κ1) is 19.4. The first-order valence-electron chi connectivity index (χ1n) is 11.7. The zero-order valence-electron chi connectivity index (χ0n) is 17.9. The molecule has 5 fully saturated rings. The molecule has 0 N–H and O–H groups in total. The van der Waals surface area contributed by atoms with Gasteiger partial charge >= 0.3 is 0 Å². The van der Waals surface area contributed by atoms with Crippen LogP contribution in [0.3, 0.4) is 0 Å². The molecular formula is C25H34FNO2. The molecule has 1 heterocycles. The summed E-state index contributed by atoms with van der Waals surface area (Å²) in [6, 6.07) is 3.24. The molecular weight excluding hydrogens is 365 g/mol. The molecule has 4 aliphatic carbocycles. The van der Waals surface area contributed by atoms with Crippen LogP contribution in [0.2, 0.25) is 0 Å². The van der Waals surface area contributed by atoms with E-state index >= 15 is 0 Å². The van der Waals surface area contributed by atoms with Gasteiger partial charge in [0.05, 0.1) is 12.2 Å². The summed E-state index contributed by atoms with van der Waals surface area (Å²) in [5.41, 5.74) is 1.46. The van der Waals surface area contributed by atoms with E-state index in [1.54, 1.807) is 11.0 Å². The molecule has 29 heavy (non-hydrogen) atoms. The molecule has 1 saturated heterocycles. The average Bonchev–Trinajstić information content (AvgIpc) is 3.19. The fraction of sp³-hybridized carbons (Fsp3) is 0.720. The van der Waals surface area contributed by atoms with Crippen molar-refractivity contribution in [2.24, 2.45) is 23.2 Å². The molecule has 4 heteroatoms. The molecule has 1 aliphatic heterocycles. The van der Waals surface area contributed by atoms with Gasteiger partial charge in [-0.15, -0.1) is 0 Å². The van der Waals surface area contributed by atoms with Crippen molar-refractivity contribution in [1.82, 2.24) is 4.90 Å². The third-order valence-corrected chi connectivity index (χ3v) is 8.04. The molecule has 5 aliphatic rings. The lowest BCUT2D eigenvalue weighted by Gasteiger charge is -2.56. The second kappa shape index (κ2) is 7.28. The van der Waals surface area contributed by atoms with E-state index in [0.29, 0.717) is 17.8 Å². The Labute approximate surface area is 174 Å². The molecule has 1 aromatic rings. The zero-order valence-corrected chi connectivity index (χ0v) is 17.9. The second-order valence-electron chi connectivity index (χ2n) is 10.7. The summed E-state index contributed by atoms with van der Waals surface area (Å²) in [4.78, 5) is 14.6. The Morgan fingerprint density at radius 1 is 1.10 bits per heavy atom. The number of benzene rings is 1. The standard InChI is InChI=1S/C25H34FNO2/c1-16(2)20-10-21(24(28)27-5-3-4-6-27)22(26)11-23(20)29-15-25-12-17-7-18(13-25)9-19(8-17)14-25/h10-11,16-19H,3-9,12-15H2,1-2H3. The van der Waals surface area contributed by atoms with Crippen LogP contribution >= 0.6 is 0 Å². The predicted octanol–water partition coefficient (Wildman–Crippen LogP) is 5.78. The van der Waals surface area contributed by atoms with Crippen LogP contribution in [0, 0.1) is 29.0 Å². The van der Waals surface area contributed by atoms with Gasteiger partial charge in [0.25, 0.3) is 5.91 Å². The quantitative estimate of drug-likeness (QED) is 0.628. The van der Waals surface area contributed by atoms with Crippen molar-refractivity contribution < 1.29 is 13.9 Å². The molecule has 0 aromatic heterocycles. The Bertz CT molecular complexity index is 761. The Kier molecular flexibility index (Phi) is 4.87. The maximum Gasteiger partial charge on any atom is 0.256 e. The van der Waals surface area contributed by atoms with Crippen LogP contribution in [0.5, 0.6) is 5.75 Å². The van der Waals surface area contributed by atoms with Crippen LogP contribution in [-0.2, 0) is 0 Å². The molecule has 158 valence electrons. The van der Waals surface area contributed by atoms with Gasteiger partial charge < -0.3 is 9.64 Å². The minimum Gasteiger partial charge on any atom is -0.493 e. The number of halogens is 1. The average molecular weight is 400 g/mol. The highest BCUT2D eigenvalue weighted by Crippen LogP contribution is 2.60. The van der Waals surface area contributed by atoms with Crippen LogP contribution in [-0.4, -0.2) is 30.5 Å². The lowest BCUT2D eigenvalue weighted by atomic mass is 9.50. The lowest BCUT2D eigenvalue weighted by molar-refractivity contribution is -0.0747. The highest BCUT2D eigenvalue weighted by Gasteiger charge is 2.51. The lowest BCUT2D eigenvalue weighted by Crippen LogP contribution is -2.48. The number of hydrogen-bond acceptors (Lipinski definition) is 2. The van der Waals surface area contributed by atoms with Gasteiger partial charge in [-0.3, -0.25) is 4.79 Å². The van der Waals surface area contributed by atoms with Gasteiger partial charge in [0.15, 0.2) is 0 Å². The molecule has 0 atom stereocenters. The number of rotatable bonds is 5. The van der Waals surface area contributed by atoms with Crippen molar-refractivity contribution in [1.29, 1.82) is 0 Å². The summed E-state index contributed by atoms with van der Waals surface area (Å²) in [7, 11) is 0. The summed E-state index contributed by atoms with van der Waals surface area (Å²) in [5.74, 6) is 2.87. The normalized spacial score (nSPS) is 33.0. The largest absolute Gasteiger partial charge is 0.493 e. The van der Waals surface area contributed by atoms with Crippen molar-refractivity contribution in [3.05, 3.63) is 29.1 Å². The summed E-state index contributed by atoms with van der Waals surface area (Å²) in [5, 5.41) is 0. The number of amides is 1. The summed E-state index contributed by atoms with van der Waals surface area (Å²) >= 11 is 0. The van der Waals surface area contributed by atoms with Crippen LogP contribution < -0.4 is 4.74 Å². The zero-order chi connectivity index (χ0) is 20.2. The van der Waals surface area contributed by atoms with Crippen LogP contribution in [0.4, 0.5) is 4.39 Å². The number of carbonyl (C=O) groups is 1. The van der Waals surface area contributed by atoms with E-state index < -0.39 is 5.82 Å². The molecule has 6 rings (SSSR count). The minimum absolute atomic E-state index is 0.172. The molecule has 4 saturated carbocycles. The number of ether oxygens (including phenoxy) is 1. The summed E-state index contributed by atoms with van der Waals surface area (Å²) in [6.07, 6.45) is 10.1. The second-order valence-corrected chi connectivity index (χ2v) is 10.7. The molecule has 1 aromatic carbocycles. The van der Waals surface area contributed by atoms with Gasteiger partial charge in [0.1, 0.15) is 11.6 Å². The Morgan fingerprint density at radius 2 is 1.69 bits per heavy atom. The minimum atomic E-state index is -0.438. The van der Waals surface area contributed by atoms with Crippen molar-refractivity contribution >= 4 is 5.91 Å². The summed E-state index contributed by atoms with van der Waals surface area (Å²) in [6.45, 7) is 6.36. The van der Waals surface area contributed by atoms with Gasteiger partial charge in [-0.25, -0.2) is 4.39 Å². The van der Waals surface area contributed by atoms with Gasteiger partial charge in [0, 0.05) is 24.6 Å². The third-order valence-electron chi connectivity index (χ3n) is 8.04. The molecule has 3 nitrogen and oxygen atoms in total. The number of hydrogen-bond donors (Lipinski definition) is 0. The topological polar surface area (TPSA) is 29.5 Å². The fourth-order valence-corrected chi connectivity index (χ4v) is 7.10. The van der Waals surface area contributed by atoms with E-state index in [1.165, 1.54) is 44.6 Å². The number of nitrogens with zero attached hydrogens (tertiary/aromatic N) is 1. The van der Waals surface area contributed by atoms with Crippen LogP contribution in [0.15, 0.2) is 12.1 Å². The molecule has 0 unspecified atom stereocenters. The summed E-state index contributed by atoms with van der Waals surface area (Å²) < 4.78 is 21.3. The van der Waals surface area contributed by atoms with E-state index in [0.717, 1.165) is 49.2 Å². The SMILES string of the molecule is CC(C)c1cc(C(=O)N2CCCC2)c(F)cc1OCC12CC3CC(CC(C3)C1)C2. The van der Waals surface area contributed by atoms with E-state index in [2.05, 4.69) is 13.8 Å². The van der Waals surface area contributed by atoms with Gasteiger partial charge in [-0.1, -0.05) is 13.8 Å². The van der Waals surface area contributed by atoms with Crippen LogP contribution in [0.1, 0.15) is 87.1 Å². The maximum atomic E-state index is 15.0. The highest BCUT2D eigenvalue weighted by atomic mass is 19.1. The van der Waals surface area contributed by atoms with Gasteiger partial charge in [-0.05, 0) is 86.7 Å². The smallest absolute Gasteiger partial charge is 0.256 e. The van der Waals surface area contributed by atoms with Crippen LogP contribution in [0.25, 0.3) is 0 Å². The van der Waals surface area contributed by atoms with Gasteiger partial charge in [-0.2, -0.15) is 0 Å². The van der Waals surface area contributed by atoms with Crippen molar-refractivity contribution in [2.45, 2.75) is 71.1 Å². The van der Waals surface area contributed by atoms with Crippen molar-refractivity contribution in [2.75, 3.05) is 19.7 Å². The van der Waals surface area contributed by atoms with Crippen molar-refractivity contribution in [3.8, 4) is 5.75 Å². The molecule has 0 radical (unpaired) electrons. The number of carbonyl (C=O) groups excluding carboxylic acids is 1. The maximum absolute atomic E-state index is 15.0. The first-order valence-corrected chi connectivity index (χ1v) is 11.7. The van der Waals surface area contributed by atoms with Crippen molar-refractivity contribution in [3.63, 3.8) is 0 Å².